The summed E-state index contributed by atoms with van der Waals surface area (Å²) < 4.78 is 0. The summed E-state index contributed by atoms with van der Waals surface area (Å²) in [6.07, 6.45) is 3.75. The second-order valence-electron chi connectivity index (χ2n) is 7.05. The Bertz CT molecular complexity index is 812. The summed E-state index contributed by atoms with van der Waals surface area (Å²) in [6.45, 7) is 3.33. The molecule has 0 aromatic heterocycles. The van der Waals surface area contributed by atoms with Gasteiger partial charge in [-0.1, -0.05) is 30.3 Å². The maximum Gasteiger partial charge on any atom is 0.241 e. The molecule has 0 aliphatic carbocycles. The third-order valence-electron chi connectivity index (χ3n) is 5.16. The summed E-state index contributed by atoms with van der Waals surface area (Å²) in [5.41, 5.74) is 1.64. The molecular weight excluding hydrogens is 370 g/mol. The summed E-state index contributed by atoms with van der Waals surface area (Å²) in [6, 6.07) is 17.0. The molecule has 5 nitrogen and oxygen atoms in total. The van der Waals surface area contributed by atoms with Gasteiger partial charge in [0.15, 0.2) is 0 Å². The Hall–Kier alpha value is -2.31. The lowest BCUT2D eigenvalue weighted by molar-refractivity contribution is -0.125. The Morgan fingerprint density at radius 3 is 2.54 bits per heavy atom. The maximum absolute atomic E-state index is 12.8. The van der Waals surface area contributed by atoms with Crippen LogP contribution in [0.2, 0.25) is 0 Å². The van der Waals surface area contributed by atoms with E-state index in [4.69, 9.17) is 0 Å². The van der Waals surface area contributed by atoms with Crippen LogP contribution in [0.15, 0.2) is 59.5 Å². The molecule has 0 bridgehead atoms. The molecule has 0 saturated carbocycles. The van der Waals surface area contributed by atoms with Gasteiger partial charge in [-0.15, -0.1) is 11.8 Å². The number of nitrogens with zero attached hydrogens (tertiary/aromatic N) is 1. The zero-order valence-corrected chi connectivity index (χ0v) is 17.2. The van der Waals surface area contributed by atoms with Crippen LogP contribution in [0.3, 0.4) is 0 Å². The van der Waals surface area contributed by atoms with E-state index in [1.807, 2.05) is 67.8 Å². The zero-order chi connectivity index (χ0) is 19.9. The summed E-state index contributed by atoms with van der Waals surface area (Å²) in [5.74, 6) is -0.121. The fourth-order valence-electron chi connectivity index (χ4n) is 3.49. The molecule has 6 heteroatoms. The third-order valence-corrected chi connectivity index (χ3v) is 5.95. The predicted molar refractivity (Wildman–Crippen MR) is 116 cm³/mol. The van der Waals surface area contributed by atoms with Gasteiger partial charge in [-0.05, 0) is 56.8 Å². The number of carbonyl (C=O) groups is 2. The van der Waals surface area contributed by atoms with Crippen molar-refractivity contribution in [2.75, 3.05) is 30.0 Å². The van der Waals surface area contributed by atoms with Crippen molar-refractivity contribution < 1.29 is 9.59 Å². The van der Waals surface area contributed by atoms with E-state index in [1.165, 1.54) is 0 Å². The quantitative estimate of drug-likeness (QED) is 0.721. The first kappa shape index (κ1) is 20.4. The molecule has 3 rings (SSSR count). The number of hydrogen-bond donors (Lipinski definition) is 2. The molecule has 1 aliphatic heterocycles. The first-order valence-corrected chi connectivity index (χ1v) is 10.8. The highest BCUT2D eigenvalue weighted by Gasteiger charge is 2.31. The molecule has 28 heavy (non-hydrogen) atoms. The molecule has 1 heterocycles. The van der Waals surface area contributed by atoms with Crippen molar-refractivity contribution in [3.05, 3.63) is 54.6 Å². The minimum absolute atomic E-state index is 0.0243. The standard InChI is InChI=1S/C22H27N3O2S/c1-16(21(26)24-19-12-6-7-13-20(19)28-2)25-14-8-9-17(15-25)22(27)23-18-10-4-3-5-11-18/h3-7,10-13,16-17H,8-9,14-15H2,1-2H3,(H,23,27)(H,24,26)/t16-,17-/m0/s1. The van der Waals surface area contributed by atoms with Crippen LogP contribution in [0.4, 0.5) is 11.4 Å². The van der Waals surface area contributed by atoms with E-state index in [9.17, 15) is 9.59 Å². The molecule has 0 unspecified atom stereocenters. The Kier molecular flexibility index (Phi) is 7.12. The van der Waals surface area contributed by atoms with Crippen LogP contribution in [0.25, 0.3) is 0 Å². The van der Waals surface area contributed by atoms with Crippen molar-refractivity contribution >= 4 is 35.0 Å². The number of nitrogens with one attached hydrogen (secondary N) is 2. The lowest BCUT2D eigenvalue weighted by Crippen LogP contribution is -2.49. The van der Waals surface area contributed by atoms with Crippen molar-refractivity contribution in [2.24, 2.45) is 5.92 Å². The van der Waals surface area contributed by atoms with Gasteiger partial charge in [-0.2, -0.15) is 0 Å². The Morgan fingerprint density at radius 2 is 1.79 bits per heavy atom. The van der Waals surface area contributed by atoms with Gasteiger partial charge in [-0.25, -0.2) is 0 Å². The average molecular weight is 398 g/mol. The molecule has 0 radical (unpaired) electrons. The van der Waals surface area contributed by atoms with Gasteiger partial charge in [0.2, 0.25) is 11.8 Å². The maximum atomic E-state index is 12.8. The van der Waals surface area contributed by atoms with Crippen LogP contribution < -0.4 is 10.6 Å². The van der Waals surface area contributed by atoms with E-state index in [2.05, 4.69) is 15.5 Å². The smallest absolute Gasteiger partial charge is 0.241 e. The summed E-state index contributed by atoms with van der Waals surface area (Å²) >= 11 is 1.61. The molecule has 2 aromatic carbocycles. The number of anilines is 2. The second kappa shape index (κ2) is 9.75. The number of carbonyl (C=O) groups excluding carboxylic acids is 2. The Labute approximate surface area is 170 Å². The molecule has 2 atom stereocenters. The van der Waals surface area contributed by atoms with E-state index < -0.39 is 0 Å². The van der Waals surface area contributed by atoms with Gasteiger partial charge < -0.3 is 10.6 Å². The molecule has 1 aliphatic rings. The monoisotopic (exact) mass is 397 g/mol. The normalized spacial score (nSPS) is 18.3. The molecule has 2 amide bonds. The molecular formula is C22H27N3O2S. The Morgan fingerprint density at radius 1 is 1.07 bits per heavy atom. The highest BCUT2D eigenvalue weighted by molar-refractivity contribution is 7.98. The third kappa shape index (κ3) is 5.14. The summed E-state index contributed by atoms with van der Waals surface area (Å²) in [4.78, 5) is 28.6. The number of benzene rings is 2. The first-order valence-electron chi connectivity index (χ1n) is 9.62. The van der Waals surface area contributed by atoms with Crippen LogP contribution in [-0.4, -0.2) is 42.1 Å². The fraction of sp³-hybridized carbons (Fsp3) is 0.364. The van der Waals surface area contributed by atoms with E-state index >= 15 is 0 Å². The summed E-state index contributed by atoms with van der Waals surface area (Å²) in [5, 5.41) is 6.03. The number of likely N-dealkylation sites (tertiary alicyclic amines) is 1. The number of piperidine rings is 1. The molecule has 2 aromatic rings. The van der Waals surface area contributed by atoms with Crippen molar-refractivity contribution in [1.29, 1.82) is 0 Å². The SMILES string of the molecule is CSc1ccccc1NC(=O)[C@H](C)N1CCC[C@H](C(=O)Nc2ccccc2)C1. The minimum Gasteiger partial charge on any atom is -0.326 e. The van der Waals surface area contributed by atoms with Gasteiger partial charge in [0.1, 0.15) is 0 Å². The van der Waals surface area contributed by atoms with E-state index in [0.29, 0.717) is 6.54 Å². The van der Waals surface area contributed by atoms with E-state index in [-0.39, 0.29) is 23.8 Å². The van der Waals surface area contributed by atoms with Crippen molar-refractivity contribution in [2.45, 2.75) is 30.7 Å². The van der Waals surface area contributed by atoms with Gasteiger partial charge in [0.05, 0.1) is 17.6 Å². The minimum atomic E-state index is -0.290. The van der Waals surface area contributed by atoms with Gasteiger partial charge in [0, 0.05) is 17.1 Å². The number of rotatable bonds is 6. The van der Waals surface area contributed by atoms with Crippen LogP contribution in [-0.2, 0) is 9.59 Å². The summed E-state index contributed by atoms with van der Waals surface area (Å²) in [7, 11) is 0. The number of hydrogen-bond acceptors (Lipinski definition) is 4. The molecule has 0 spiro atoms. The number of amides is 2. The van der Waals surface area contributed by atoms with Crippen molar-refractivity contribution in [1.82, 2.24) is 4.90 Å². The zero-order valence-electron chi connectivity index (χ0n) is 16.4. The number of thioether (sulfide) groups is 1. The molecule has 148 valence electrons. The van der Waals surface area contributed by atoms with E-state index in [1.54, 1.807) is 11.8 Å². The lowest BCUT2D eigenvalue weighted by Gasteiger charge is -2.35. The van der Waals surface area contributed by atoms with Gasteiger partial charge in [0.25, 0.3) is 0 Å². The van der Waals surface area contributed by atoms with Gasteiger partial charge in [-0.3, -0.25) is 14.5 Å². The second-order valence-corrected chi connectivity index (χ2v) is 7.90. The highest BCUT2D eigenvalue weighted by atomic mass is 32.2. The predicted octanol–water partition coefficient (Wildman–Crippen LogP) is 4.09. The topological polar surface area (TPSA) is 61.4 Å². The van der Waals surface area contributed by atoms with Crippen LogP contribution in [0.1, 0.15) is 19.8 Å². The van der Waals surface area contributed by atoms with Crippen LogP contribution in [0, 0.1) is 5.92 Å². The highest BCUT2D eigenvalue weighted by Crippen LogP contribution is 2.26. The molecule has 1 saturated heterocycles. The first-order chi connectivity index (χ1) is 13.6. The Balaban J connectivity index is 1.59. The lowest BCUT2D eigenvalue weighted by atomic mass is 9.95. The van der Waals surface area contributed by atoms with Crippen LogP contribution >= 0.6 is 11.8 Å². The molecule has 2 N–H and O–H groups in total. The van der Waals surface area contributed by atoms with Crippen molar-refractivity contribution in [3.8, 4) is 0 Å². The van der Waals surface area contributed by atoms with E-state index in [0.717, 1.165) is 35.7 Å². The average Bonchev–Trinajstić information content (AvgIpc) is 2.74. The fourth-order valence-corrected chi connectivity index (χ4v) is 4.04. The van der Waals surface area contributed by atoms with Gasteiger partial charge >= 0.3 is 0 Å². The van der Waals surface area contributed by atoms with Crippen molar-refractivity contribution in [3.63, 3.8) is 0 Å². The van der Waals surface area contributed by atoms with Crippen LogP contribution in [0.5, 0.6) is 0 Å². The molecule has 1 fully saturated rings. The largest absolute Gasteiger partial charge is 0.326 e. The number of para-hydroxylation sites is 2.